The summed E-state index contributed by atoms with van der Waals surface area (Å²) in [6.45, 7) is 0.945. The first-order chi connectivity index (χ1) is 19.3. The molecule has 40 heavy (non-hydrogen) atoms. The number of ether oxygens (including phenoxy) is 1. The molecule has 4 aromatic rings. The van der Waals surface area contributed by atoms with Crippen LogP contribution in [0.15, 0.2) is 42.9 Å². The van der Waals surface area contributed by atoms with Crippen LogP contribution in [0.25, 0.3) is 16.1 Å². The van der Waals surface area contributed by atoms with Gasteiger partial charge in [-0.05, 0) is 0 Å². The van der Waals surface area contributed by atoms with Crippen molar-refractivity contribution in [2.75, 3.05) is 17.9 Å². The second kappa shape index (κ2) is 11.1. The Balaban J connectivity index is 1.32. The van der Waals surface area contributed by atoms with Gasteiger partial charge in [0.05, 0.1) is 0 Å². The van der Waals surface area contributed by atoms with Gasteiger partial charge in [0.1, 0.15) is 0 Å². The van der Waals surface area contributed by atoms with Crippen LogP contribution in [0.2, 0.25) is 5.02 Å². The van der Waals surface area contributed by atoms with Crippen molar-refractivity contribution in [3.63, 3.8) is 0 Å². The number of nitrogens with one attached hydrogen (secondary N) is 2. The molecule has 0 bridgehead atoms. The van der Waals surface area contributed by atoms with Gasteiger partial charge < -0.3 is 0 Å². The van der Waals surface area contributed by atoms with E-state index in [2.05, 4.69) is 30.3 Å². The summed E-state index contributed by atoms with van der Waals surface area (Å²) in [5, 5.41) is 16.5. The molecule has 1 atom stereocenters. The van der Waals surface area contributed by atoms with Crippen LogP contribution in [0.4, 0.5) is 5.69 Å². The van der Waals surface area contributed by atoms with Gasteiger partial charge in [-0.15, -0.1) is 0 Å². The summed E-state index contributed by atoms with van der Waals surface area (Å²) < 4.78 is 44.7. The zero-order chi connectivity index (χ0) is 27.9. The number of hydrogen-bond acceptors (Lipinski definition) is 10. The second-order valence-corrected chi connectivity index (χ2v) is 15.1. The van der Waals surface area contributed by atoms with Gasteiger partial charge in [0.15, 0.2) is 0 Å². The number of rotatable bonds is 9. The fourth-order valence-corrected chi connectivity index (χ4v) is 8.91. The number of sulfonamides is 1. The number of carbonyl (C=O) groups is 1. The molecular formula is C24H24ClIN7O5S2-. The average molecular weight is 717 g/mol. The molecule has 1 aliphatic carbocycles. The predicted octanol–water partition coefficient (Wildman–Crippen LogP) is -0.189. The van der Waals surface area contributed by atoms with Gasteiger partial charge in [0, 0.05) is 0 Å². The van der Waals surface area contributed by atoms with Crippen molar-refractivity contribution in [2.45, 2.75) is 34.5 Å². The second-order valence-electron chi connectivity index (χ2n) is 9.56. The summed E-state index contributed by atoms with van der Waals surface area (Å²) in [4.78, 5) is 18.1. The monoisotopic (exact) mass is 716 g/mol. The number of fused-ring (bicyclic) bond motifs is 1. The molecule has 12 nitrogen and oxygen atoms in total. The number of halogens is 2. The molecular weight excluding hydrogens is 693 g/mol. The van der Waals surface area contributed by atoms with Crippen LogP contribution < -0.4 is 31.7 Å². The van der Waals surface area contributed by atoms with Crippen molar-refractivity contribution < 1.29 is 43.0 Å². The number of aromatic nitrogens is 5. The van der Waals surface area contributed by atoms with Crippen molar-refractivity contribution in [1.29, 1.82) is 0 Å². The first kappa shape index (κ1) is 27.7. The first-order valence-corrected chi connectivity index (χ1v) is 17.2. The van der Waals surface area contributed by atoms with Gasteiger partial charge in [-0.2, -0.15) is 0 Å². The summed E-state index contributed by atoms with van der Waals surface area (Å²) in [6.07, 6.45) is 7.29. The predicted molar refractivity (Wildman–Crippen MR) is 144 cm³/mol. The van der Waals surface area contributed by atoms with Crippen LogP contribution in [0.5, 0.6) is 0 Å². The normalized spacial score (nSPS) is 18.1. The number of alkyl halides is 1. The maximum atomic E-state index is 13.6. The van der Waals surface area contributed by atoms with E-state index in [9.17, 15) is 16.6 Å². The van der Waals surface area contributed by atoms with Crippen LogP contribution in [-0.4, -0.2) is 61.0 Å². The molecule has 2 fully saturated rings. The zero-order valence-electron chi connectivity index (χ0n) is 20.8. The van der Waals surface area contributed by atoms with Gasteiger partial charge in [-0.1, -0.05) is 0 Å². The maximum absolute atomic E-state index is 13.6. The van der Waals surface area contributed by atoms with Gasteiger partial charge >= 0.3 is 251 Å². The molecule has 0 aromatic carbocycles. The minimum atomic E-state index is -3.51. The van der Waals surface area contributed by atoms with E-state index in [1.165, 1.54) is 6.20 Å². The van der Waals surface area contributed by atoms with E-state index in [-0.39, 0.29) is 10.9 Å². The number of amides is 1. The Labute approximate surface area is 249 Å². The molecule has 2 aliphatic rings. The van der Waals surface area contributed by atoms with E-state index < -0.39 is 46.3 Å². The molecule has 4 aromatic heterocycles. The third-order valence-electron chi connectivity index (χ3n) is 6.90. The Morgan fingerprint density at radius 3 is 2.75 bits per heavy atom. The molecule has 6 rings (SSSR count). The molecule has 16 heteroatoms. The molecule has 0 spiro atoms. The summed E-state index contributed by atoms with van der Waals surface area (Å²) in [6, 6.07) is 6.64. The topological polar surface area (TPSA) is 161 Å². The summed E-state index contributed by atoms with van der Waals surface area (Å²) >= 11 is 5.58. The van der Waals surface area contributed by atoms with E-state index in [1.807, 2.05) is 0 Å². The molecule has 1 saturated heterocycles. The molecule has 3 N–H and O–H groups in total. The van der Waals surface area contributed by atoms with Crippen LogP contribution in [0, 0.1) is 5.92 Å². The fraction of sp³-hybridized carbons (Fsp3) is 0.375. The number of hydrogen-bond donors (Lipinski definition) is 3. The molecule has 1 saturated carbocycles. The Bertz CT molecular complexity index is 1670. The third-order valence-corrected chi connectivity index (χ3v) is 12.4. The van der Waals surface area contributed by atoms with Crippen LogP contribution in [-0.2, 0) is 18.3 Å². The van der Waals surface area contributed by atoms with Crippen molar-refractivity contribution in [1.82, 2.24) is 30.1 Å². The summed E-state index contributed by atoms with van der Waals surface area (Å²) in [5.41, 5.74) is 2.13. The Morgan fingerprint density at radius 2 is 2.00 bits per heavy atom. The molecule has 0 radical (unpaired) electrons. The van der Waals surface area contributed by atoms with Crippen molar-refractivity contribution >= 4 is 50.1 Å². The van der Waals surface area contributed by atoms with Crippen LogP contribution in [0.1, 0.15) is 41.2 Å². The molecule has 0 unspecified atom stereocenters. The molecule has 1 aliphatic heterocycles. The Kier molecular flexibility index (Phi) is 7.69. The number of anilines is 1. The summed E-state index contributed by atoms with van der Waals surface area (Å²) in [7, 11) is -3.51. The number of nitrogens with zero attached hydrogens (tertiary/aromatic N) is 5. The van der Waals surface area contributed by atoms with Gasteiger partial charge in [0.25, 0.3) is 0 Å². The number of carbonyl (C=O) groups excluding carboxylic acids is 1. The number of pyridine rings is 2. The van der Waals surface area contributed by atoms with Crippen LogP contribution >= 0.6 is 22.9 Å². The Morgan fingerprint density at radius 1 is 1.20 bits per heavy atom. The van der Waals surface area contributed by atoms with E-state index >= 15 is 0 Å². The van der Waals surface area contributed by atoms with E-state index in [0.717, 1.165) is 16.9 Å². The van der Waals surface area contributed by atoms with Gasteiger partial charge in [0.2, 0.25) is 0 Å². The minimum absolute atomic E-state index is 0.107. The van der Waals surface area contributed by atoms with E-state index in [1.54, 1.807) is 41.2 Å². The van der Waals surface area contributed by atoms with Crippen LogP contribution in [0.3, 0.4) is 0 Å². The van der Waals surface area contributed by atoms with Crippen molar-refractivity contribution in [3.8, 4) is 10.6 Å². The molecule has 212 valence electrons. The molecule has 5 heterocycles. The van der Waals surface area contributed by atoms with Crippen molar-refractivity contribution in [2.24, 2.45) is 5.92 Å². The van der Waals surface area contributed by atoms with Gasteiger partial charge in [-0.3, -0.25) is 0 Å². The van der Waals surface area contributed by atoms with Gasteiger partial charge in [-0.25, -0.2) is 0 Å². The van der Waals surface area contributed by atoms with E-state index in [0.29, 0.717) is 65.9 Å². The standard InChI is InChI=1S/C24H24ClIN7O5S2/c25-15-4-8-33-19(11-15)18(13-28-33)22-30-31-23(39-22)21(34)29-24(26-35,14-5-9-38-10-6-14)20-12-16(3-7-27-20)32-40(36,37)17-1-2-17/h3-4,7-8,11-14,17,35H,1-2,5-6,9-10H2,(H,27,32)(H,29,34)/q-1/t24-/m0/s1. The quantitative estimate of drug-likeness (QED) is 0.121. The molecule has 1 amide bonds. The SMILES string of the molecule is O=C(N[C@]([I-]O)(c1cc(NS(=O)(=O)C2CC2)ccn1)C1CCOCC1)c1nnc(-c2cnn3ccc(Cl)cc23)s1. The average Bonchev–Trinajstić information content (AvgIpc) is 3.58. The zero-order valence-corrected chi connectivity index (χ0v) is 25.4. The third kappa shape index (κ3) is 5.42. The Hall–Kier alpha value is -2.44. The fourth-order valence-electron chi connectivity index (χ4n) is 4.69. The van der Waals surface area contributed by atoms with Crippen molar-refractivity contribution in [3.05, 3.63) is 58.6 Å². The summed E-state index contributed by atoms with van der Waals surface area (Å²) in [5.74, 6) is -0.691. The van der Waals surface area contributed by atoms with E-state index in [4.69, 9.17) is 16.3 Å². The first-order valence-electron chi connectivity index (χ1n) is 12.4.